The Kier molecular flexibility index (Phi) is 6.32. The summed E-state index contributed by atoms with van der Waals surface area (Å²) in [5.74, 6) is -0.705. The molecule has 6 nitrogen and oxygen atoms in total. The van der Waals surface area contributed by atoms with Crippen LogP contribution in [0.1, 0.15) is 22.5 Å². The number of nitrogens with zero attached hydrogens (tertiary/aromatic N) is 3. The first-order valence-electron chi connectivity index (χ1n) is 10.1. The van der Waals surface area contributed by atoms with E-state index in [4.69, 9.17) is 4.74 Å². The Hall–Kier alpha value is -3.19. The van der Waals surface area contributed by atoms with E-state index >= 15 is 0 Å². The number of ether oxygens (including phenoxy) is 1. The number of carbonyl (C=O) groups is 2. The van der Waals surface area contributed by atoms with Crippen molar-refractivity contribution in [2.75, 3.05) is 17.3 Å². The number of benzene rings is 2. The lowest BCUT2D eigenvalue weighted by atomic mass is 10.0. The second-order valence-corrected chi connectivity index (χ2v) is 8.31. The van der Waals surface area contributed by atoms with Crippen LogP contribution in [0.2, 0.25) is 0 Å². The monoisotopic (exact) mass is 433 g/mol. The Morgan fingerprint density at radius 2 is 1.48 bits per heavy atom. The molecule has 0 N–H and O–H groups in total. The number of amides is 1. The van der Waals surface area contributed by atoms with Crippen molar-refractivity contribution in [2.24, 2.45) is 0 Å². The van der Waals surface area contributed by atoms with Gasteiger partial charge in [-0.2, -0.15) is 0 Å². The SMILES string of the molecule is Cc1cc(C)nc(SCC(=O)OCC(=O)N2c3ccccc3CCc3ccccc32)n1. The van der Waals surface area contributed by atoms with Crippen molar-refractivity contribution in [3.63, 3.8) is 0 Å². The highest BCUT2D eigenvalue weighted by molar-refractivity contribution is 7.99. The summed E-state index contributed by atoms with van der Waals surface area (Å²) < 4.78 is 5.30. The largest absolute Gasteiger partial charge is 0.455 e. The third-order valence-electron chi connectivity index (χ3n) is 5.02. The summed E-state index contributed by atoms with van der Waals surface area (Å²) in [4.78, 5) is 35.7. The van der Waals surface area contributed by atoms with Crippen LogP contribution < -0.4 is 4.90 Å². The summed E-state index contributed by atoms with van der Waals surface area (Å²) in [6.45, 7) is 3.44. The van der Waals surface area contributed by atoms with Crippen molar-refractivity contribution in [3.8, 4) is 0 Å². The number of rotatable bonds is 5. The Labute approximate surface area is 185 Å². The van der Waals surface area contributed by atoms with Gasteiger partial charge in [0.25, 0.3) is 5.91 Å². The standard InChI is InChI=1S/C24H23N3O3S/c1-16-13-17(2)26-24(25-16)31-15-23(29)30-14-22(28)27-20-9-5-3-7-18(20)11-12-19-8-4-6-10-21(19)27/h3-10,13H,11-12,14-15H2,1-2H3. The molecule has 1 aliphatic rings. The van der Waals surface area contributed by atoms with E-state index in [1.54, 1.807) is 4.90 Å². The molecule has 2 aromatic carbocycles. The lowest BCUT2D eigenvalue weighted by Crippen LogP contribution is -2.31. The van der Waals surface area contributed by atoms with Gasteiger partial charge in [-0.1, -0.05) is 48.2 Å². The Balaban J connectivity index is 1.45. The molecule has 0 saturated carbocycles. The lowest BCUT2D eigenvalue weighted by Gasteiger charge is -2.24. The van der Waals surface area contributed by atoms with E-state index < -0.39 is 5.97 Å². The fourth-order valence-electron chi connectivity index (χ4n) is 3.68. The first-order chi connectivity index (χ1) is 15.0. The minimum absolute atomic E-state index is 0.0450. The summed E-state index contributed by atoms with van der Waals surface area (Å²) >= 11 is 1.20. The van der Waals surface area contributed by atoms with Gasteiger partial charge in [0.05, 0.1) is 17.1 Å². The molecule has 1 amide bonds. The third kappa shape index (κ3) is 4.94. The van der Waals surface area contributed by atoms with Crippen LogP contribution in [-0.2, 0) is 27.2 Å². The molecule has 1 aliphatic heterocycles. The number of hydrogen-bond donors (Lipinski definition) is 0. The molecule has 1 aromatic heterocycles. The minimum atomic E-state index is -0.475. The summed E-state index contributed by atoms with van der Waals surface area (Å²) in [5.41, 5.74) is 5.56. The van der Waals surface area contributed by atoms with Crippen LogP contribution in [0.15, 0.2) is 59.8 Å². The molecule has 31 heavy (non-hydrogen) atoms. The molecule has 0 spiro atoms. The number of anilines is 2. The molecule has 0 aliphatic carbocycles. The zero-order valence-corrected chi connectivity index (χ0v) is 18.3. The molecular formula is C24H23N3O3S. The molecule has 0 fully saturated rings. The van der Waals surface area contributed by atoms with E-state index in [0.29, 0.717) is 5.16 Å². The Morgan fingerprint density at radius 3 is 2.06 bits per heavy atom. The van der Waals surface area contributed by atoms with Crippen molar-refractivity contribution in [1.82, 2.24) is 9.97 Å². The minimum Gasteiger partial charge on any atom is -0.455 e. The molecule has 4 rings (SSSR count). The van der Waals surface area contributed by atoms with Gasteiger partial charge in [0, 0.05) is 11.4 Å². The van der Waals surface area contributed by atoms with Crippen molar-refractivity contribution in [1.29, 1.82) is 0 Å². The maximum Gasteiger partial charge on any atom is 0.316 e. The summed E-state index contributed by atoms with van der Waals surface area (Å²) in [6.07, 6.45) is 1.70. The van der Waals surface area contributed by atoms with Crippen LogP contribution in [0.4, 0.5) is 11.4 Å². The van der Waals surface area contributed by atoms with E-state index in [-0.39, 0.29) is 18.3 Å². The Bertz CT molecular complexity index is 1060. The predicted molar refractivity (Wildman–Crippen MR) is 121 cm³/mol. The van der Waals surface area contributed by atoms with Crippen LogP contribution in [0, 0.1) is 13.8 Å². The topological polar surface area (TPSA) is 72.4 Å². The average molecular weight is 434 g/mol. The zero-order chi connectivity index (χ0) is 21.8. The maximum atomic E-state index is 13.2. The quantitative estimate of drug-likeness (QED) is 0.341. The van der Waals surface area contributed by atoms with Gasteiger partial charge in [0.1, 0.15) is 0 Å². The first-order valence-corrected chi connectivity index (χ1v) is 11.1. The molecule has 7 heteroatoms. The lowest BCUT2D eigenvalue weighted by molar-refractivity contribution is -0.144. The second-order valence-electron chi connectivity index (χ2n) is 7.37. The summed E-state index contributed by atoms with van der Waals surface area (Å²) in [7, 11) is 0. The normalized spacial score (nSPS) is 12.5. The van der Waals surface area contributed by atoms with E-state index in [0.717, 1.165) is 46.7 Å². The third-order valence-corrected chi connectivity index (χ3v) is 5.84. The van der Waals surface area contributed by atoms with Crippen molar-refractivity contribution < 1.29 is 14.3 Å². The van der Waals surface area contributed by atoms with Gasteiger partial charge >= 0.3 is 5.97 Å². The van der Waals surface area contributed by atoms with Gasteiger partial charge in [-0.05, 0) is 56.0 Å². The van der Waals surface area contributed by atoms with Gasteiger partial charge < -0.3 is 4.74 Å². The smallest absolute Gasteiger partial charge is 0.316 e. The number of thioether (sulfide) groups is 1. The molecule has 0 saturated heterocycles. The van der Waals surface area contributed by atoms with E-state index in [1.165, 1.54) is 11.8 Å². The van der Waals surface area contributed by atoms with Gasteiger partial charge in [-0.25, -0.2) is 9.97 Å². The first kappa shape index (κ1) is 21.1. The molecule has 3 aromatic rings. The molecule has 158 valence electrons. The molecular weight excluding hydrogens is 410 g/mol. The number of aromatic nitrogens is 2. The van der Waals surface area contributed by atoms with Crippen LogP contribution in [-0.4, -0.2) is 34.2 Å². The van der Waals surface area contributed by atoms with E-state index in [2.05, 4.69) is 9.97 Å². The molecule has 0 radical (unpaired) electrons. The summed E-state index contributed by atoms with van der Waals surface area (Å²) in [5, 5.41) is 0.524. The fraction of sp³-hybridized carbons (Fsp3) is 0.250. The molecule has 2 heterocycles. The maximum absolute atomic E-state index is 13.2. The van der Waals surface area contributed by atoms with Gasteiger partial charge in [-0.15, -0.1) is 0 Å². The van der Waals surface area contributed by atoms with Gasteiger partial charge in [0.2, 0.25) is 0 Å². The number of carbonyl (C=O) groups excluding carboxylic acids is 2. The predicted octanol–water partition coefficient (Wildman–Crippen LogP) is 4.19. The average Bonchev–Trinajstić information content (AvgIpc) is 2.92. The van der Waals surface area contributed by atoms with Crippen molar-refractivity contribution >= 4 is 35.0 Å². The number of aryl methyl sites for hydroxylation is 4. The van der Waals surface area contributed by atoms with Crippen LogP contribution in [0.3, 0.4) is 0 Å². The Morgan fingerprint density at radius 1 is 0.935 bits per heavy atom. The highest BCUT2D eigenvalue weighted by Crippen LogP contribution is 2.36. The fourth-order valence-corrected chi connectivity index (χ4v) is 4.43. The van der Waals surface area contributed by atoms with Crippen molar-refractivity contribution in [2.45, 2.75) is 31.8 Å². The zero-order valence-electron chi connectivity index (χ0n) is 17.5. The molecule has 0 bridgehead atoms. The van der Waals surface area contributed by atoms with E-state index in [9.17, 15) is 9.59 Å². The van der Waals surface area contributed by atoms with Crippen LogP contribution >= 0.6 is 11.8 Å². The molecule has 0 atom stereocenters. The summed E-state index contributed by atoms with van der Waals surface area (Å²) in [6, 6.07) is 17.6. The van der Waals surface area contributed by atoms with Crippen LogP contribution in [0.25, 0.3) is 0 Å². The number of para-hydroxylation sites is 2. The number of fused-ring (bicyclic) bond motifs is 2. The highest BCUT2D eigenvalue weighted by atomic mass is 32.2. The van der Waals surface area contributed by atoms with Gasteiger partial charge in [0.15, 0.2) is 11.8 Å². The van der Waals surface area contributed by atoms with E-state index in [1.807, 2.05) is 68.4 Å². The van der Waals surface area contributed by atoms with Gasteiger partial charge in [-0.3, -0.25) is 14.5 Å². The van der Waals surface area contributed by atoms with Crippen molar-refractivity contribution in [3.05, 3.63) is 77.1 Å². The van der Waals surface area contributed by atoms with Crippen LogP contribution in [0.5, 0.6) is 0 Å². The number of esters is 1. The number of hydrogen-bond acceptors (Lipinski definition) is 6. The highest BCUT2D eigenvalue weighted by Gasteiger charge is 2.26. The molecule has 0 unspecified atom stereocenters. The second kappa shape index (κ2) is 9.31.